The number of piperazine rings is 1. The molecule has 2 aromatic carbocycles. The number of amides is 2. The lowest BCUT2D eigenvalue weighted by Crippen LogP contribution is -2.52. The molecule has 0 spiro atoms. The first-order valence-corrected chi connectivity index (χ1v) is 9.33. The molecule has 0 aliphatic carbocycles. The van der Waals surface area contributed by atoms with Crippen LogP contribution in [0.5, 0.6) is 5.75 Å². The van der Waals surface area contributed by atoms with Crippen molar-refractivity contribution in [2.24, 2.45) is 0 Å². The summed E-state index contributed by atoms with van der Waals surface area (Å²) in [5.74, 6) is 0.381. The third-order valence-corrected chi connectivity index (χ3v) is 4.79. The molecule has 2 aromatic rings. The van der Waals surface area contributed by atoms with Gasteiger partial charge < -0.3 is 19.9 Å². The number of hydrogen-bond donors (Lipinski definition) is 1. The van der Waals surface area contributed by atoms with Crippen molar-refractivity contribution in [3.63, 3.8) is 0 Å². The number of benzene rings is 2. The summed E-state index contributed by atoms with van der Waals surface area (Å²) in [7, 11) is 0. The molecule has 1 fully saturated rings. The molecule has 144 valence electrons. The Morgan fingerprint density at radius 3 is 2.67 bits per heavy atom. The Morgan fingerprint density at radius 2 is 1.93 bits per heavy atom. The van der Waals surface area contributed by atoms with Gasteiger partial charge in [0.05, 0.1) is 17.3 Å². The highest BCUT2D eigenvalue weighted by atomic mass is 35.5. The van der Waals surface area contributed by atoms with E-state index < -0.39 is 0 Å². The van der Waals surface area contributed by atoms with Crippen LogP contribution in [-0.2, 0) is 0 Å². The van der Waals surface area contributed by atoms with Crippen LogP contribution in [0.1, 0.15) is 5.56 Å². The molecule has 5 nitrogen and oxygen atoms in total. The first-order valence-electron chi connectivity index (χ1n) is 8.96. The largest absolute Gasteiger partial charge is 0.490 e. The number of hydrogen-bond acceptors (Lipinski definition) is 3. The summed E-state index contributed by atoms with van der Waals surface area (Å²) in [6, 6.07) is 12.1. The Balaban J connectivity index is 1.41. The molecule has 3 rings (SSSR count). The Labute approximate surface area is 163 Å². The number of rotatable bonds is 5. The first kappa shape index (κ1) is 19.3. The van der Waals surface area contributed by atoms with Gasteiger partial charge >= 0.3 is 6.03 Å². The fourth-order valence-electron chi connectivity index (χ4n) is 3.01. The third kappa shape index (κ3) is 5.04. The van der Waals surface area contributed by atoms with Crippen LogP contribution in [0.25, 0.3) is 0 Å². The average molecular weight is 392 g/mol. The van der Waals surface area contributed by atoms with E-state index >= 15 is 0 Å². The van der Waals surface area contributed by atoms with Gasteiger partial charge in [0.15, 0.2) is 0 Å². The molecule has 0 aromatic heterocycles. The van der Waals surface area contributed by atoms with Crippen molar-refractivity contribution in [1.82, 2.24) is 10.2 Å². The second-order valence-corrected chi connectivity index (χ2v) is 6.85. The van der Waals surface area contributed by atoms with Crippen molar-refractivity contribution < 1.29 is 13.9 Å². The van der Waals surface area contributed by atoms with Gasteiger partial charge in [0.25, 0.3) is 0 Å². The Bertz CT molecular complexity index is 795. The van der Waals surface area contributed by atoms with Gasteiger partial charge in [-0.3, -0.25) is 0 Å². The highest BCUT2D eigenvalue weighted by molar-refractivity contribution is 6.32. The number of nitrogens with zero attached hydrogens (tertiary/aromatic N) is 2. The molecule has 1 aliphatic heterocycles. The van der Waals surface area contributed by atoms with Crippen molar-refractivity contribution in [3.05, 3.63) is 58.9 Å². The number of anilines is 1. The van der Waals surface area contributed by atoms with Crippen molar-refractivity contribution in [1.29, 1.82) is 0 Å². The van der Waals surface area contributed by atoms with Gasteiger partial charge in [-0.1, -0.05) is 29.8 Å². The minimum absolute atomic E-state index is 0.137. The number of nitrogens with one attached hydrogen (secondary N) is 1. The van der Waals surface area contributed by atoms with Gasteiger partial charge in [-0.25, -0.2) is 9.18 Å². The van der Waals surface area contributed by atoms with Crippen molar-refractivity contribution >= 4 is 23.3 Å². The molecular weight excluding hydrogens is 369 g/mol. The van der Waals surface area contributed by atoms with E-state index in [0.29, 0.717) is 55.8 Å². The molecule has 2 amide bonds. The second-order valence-electron chi connectivity index (χ2n) is 6.44. The number of para-hydroxylation sites is 1. The summed E-state index contributed by atoms with van der Waals surface area (Å²) in [5.41, 5.74) is 1.65. The normalized spacial score (nSPS) is 14.2. The van der Waals surface area contributed by atoms with Gasteiger partial charge in [-0.2, -0.15) is 0 Å². The maximum atomic E-state index is 13.9. The van der Waals surface area contributed by atoms with Crippen LogP contribution in [0.3, 0.4) is 0 Å². The molecule has 1 saturated heterocycles. The smallest absolute Gasteiger partial charge is 0.317 e. The minimum Gasteiger partial charge on any atom is -0.490 e. The number of ether oxygens (including phenoxy) is 1. The zero-order chi connectivity index (χ0) is 19.2. The number of urea groups is 1. The van der Waals surface area contributed by atoms with E-state index in [0.717, 1.165) is 5.56 Å². The SMILES string of the molecule is Cc1ccc(Cl)c(OCCNC(=O)N2CCN(c3ccccc3F)CC2)c1. The molecule has 7 heteroatoms. The summed E-state index contributed by atoms with van der Waals surface area (Å²) in [5, 5.41) is 3.40. The monoisotopic (exact) mass is 391 g/mol. The quantitative estimate of drug-likeness (QED) is 0.790. The Morgan fingerprint density at radius 1 is 1.19 bits per heavy atom. The minimum atomic E-state index is -0.234. The molecule has 0 unspecified atom stereocenters. The van der Waals surface area contributed by atoms with Crippen LogP contribution in [0, 0.1) is 12.7 Å². The van der Waals surface area contributed by atoms with Gasteiger partial charge in [0, 0.05) is 26.2 Å². The molecule has 1 heterocycles. The van der Waals surface area contributed by atoms with Crippen molar-refractivity contribution in [2.45, 2.75) is 6.92 Å². The van der Waals surface area contributed by atoms with Crippen LogP contribution in [0.4, 0.5) is 14.9 Å². The summed E-state index contributed by atoms with van der Waals surface area (Å²) < 4.78 is 19.5. The average Bonchev–Trinajstić information content (AvgIpc) is 2.68. The Kier molecular flexibility index (Phi) is 6.40. The predicted molar refractivity (Wildman–Crippen MR) is 105 cm³/mol. The lowest BCUT2D eigenvalue weighted by Gasteiger charge is -2.36. The van der Waals surface area contributed by atoms with E-state index in [1.54, 1.807) is 23.1 Å². The van der Waals surface area contributed by atoms with E-state index in [-0.39, 0.29) is 11.8 Å². The van der Waals surface area contributed by atoms with Crippen LogP contribution in [0.15, 0.2) is 42.5 Å². The molecule has 0 bridgehead atoms. The fourth-order valence-corrected chi connectivity index (χ4v) is 3.18. The first-order chi connectivity index (χ1) is 13.0. The third-order valence-electron chi connectivity index (χ3n) is 4.48. The summed E-state index contributed by atoms with van der Waals surface area (Å²) in [6.45, 7) is 4.98. The summed E-state index contributed by atoms with van der Waals surface area (Å²) >= 11 is 6.08. The zero-order valence-corrected chi connectivity index (χ0v) is 16.0. The lowest BCUT2D eigenvalue weighted by molar-refractivity contribution is 0.191. The van der Waals surface area contributed by atoms with E-state index in [2.05, 4.69) is 5.32 Å². The second kappa shape index (κ2) is 8.95. The highest BCUT2D eigenvalue weighted by Crippen LogP contribution is 2.25. The maximum absolute atomic E-state index is 13.9. The van der Waals surface area contributed by atoms with Crippen molar-refractivity contribution in [2.75, 3.05) is 44.2 Å². The molecule has 0 saturated carbocycles. The van der Waals surface area contributed by atoms with E-state index in [9.17, 15) is 9.18 Å². The van der Waals surface area contributed by atoms with Gasteiger partial charge in [-0.05, 0) is 36.8 Å². The molecular formula is C20H23ClFN3O2. The molecule has 0 atom stereocenters. The van der Waals surface area contributed by atoms with E-state index in [1.165, 1.54) is 6.07 Å². The maximum Gasteiger partial charge on any atom is 0.317 e. The summed E-state index contributed by atoms with van der Waals surface area (Å²) in [6.07, 6.45) is 0. The molecule has 0 radical (unpaired) electrons. The van der Waals surface area contributed by atoms with Gasteiger partial charge in [-0.15, -0.1) is 0 Å². The molecule has 27 heavy (non-hydrogen) atoms. The van der Waals surface area contributed by atoms with Gasteiger partial charge in [0.1, 0.15) is 18.2 Å². The van der Waals surface area contributed by atoms with E-state index in [4.69, 9.17) is 16.3 Å². The van der Waals surface area contributed by atoms with Crippen LogP contribution < -0.4 is 15.0 Å². The van der Waals surface area contributed by atoms with Crippen LogP contribution >= 0.6 is 11.6 Å². The lowest BCUT2D eigenvalue weighted by atomic mass is 10.2. The van der Waals surface area contributed by atoms with E-state index in [1.807, 2.05) is 30.0 Å². The Hall–Kier alpha value is -2.47. The predicted octanol–water partition coefficient (Wildman–Crippen LogP) is 3.70. The molecule has 1 aliphatic rings. The summed E-state index contributed by atoms with van der Waals surface area (Å²) in [4.78, 5) is 16.0. The highest BCUT2D eigenvalue weighted by Gasteiger charge is 2.22. The number of carbonyl (C=O) groups is 1. The topological polar surface area (TPSA) is 44.8 Å². The van der Waals surface area contributed by atoms with Gasteiger partial charge in [0.2, 0.25) is 0 Å². The van der Waals surface area contributed by atoms with Crippen LogP contribution in [0.2, 0.25) is 5.02 Å². The van der Waals surface area contributed by atoms with Crippen LogP contribution in [-0.4, -0.2) is 50.3 Å². The number of carbonyl (C=O) groups excluding carboxylic acids is 1. The standard InChI is InChI=1S/C20H23ClFN3O2/c1-15-6-7-16(21)19(14-15)27-13-8-23-20(26)25-11-9-24(10-12-25)18-5-3-2-4-17(18)22/h2-7,14H,8-13H2,1H3,(H,23,26). The molecule has 1 N–H and O–H groups in total. The fraction of sp³-hybridized carbons (Fsp3) is 0.350. The number of aryl methyl sites for hydroxylation is 1. The van der Waals surface area contributed by atoms with Crippen molar-refractivity contribution in [3.8, 4) is 5.75 Å². The zero-order valence-electron chi connectivity index (χ0n) is 15.3. The number of halogens is 2.